The first-order valence-electron chi connectivity index (χ1n) is 8.35. The molecule has 1 unspecified atom stereocenters. The lowest BCUT2D eigenvalue weighted by Crippen LogP contribution is -2.30. The molecule has 1 heterocycles. The number of benzene rings is 2. The number of halogens is 1. The Hall–Kier alpha value is -2.45. The van der Waals surface area contributed by atoms with Gasteiger partial charge >= 0.3 is 0 Å². The quantitative estimate of drug-likeness (QED) is 0.569. The highest BCUT2D eigenvalue weighted by Crippen LogP contribution is 2.30. The molecular weight excluding hydrogens is 383 g/mol. The van der Waals surface area contributed by atoms with Crippen LogP contribution < -0.4 is 10.6 Å². The van der Waals surface area contributed by atoms with Gasteiger partial charge in [-0.05, 0) is 37.6 Å². The van der Waals surface area contributed by atoms with Crippen molar-refractivity contribution in [1.82, 2.24) is 15.5 Å². The number of hydrogen-bond donors (Lipinski definition) is 2. The lowest BCUT2D eigenvalue weighted by Gasteiger charge is -2.10. The zero-order valence-corrected chi connectivity index (χ0v) is 16.5. The molecule has 0 saturated carbocycles. The van der Waals surface area contributed by atoms with Crippen LogP contribution in [0.1, 0.15) is 18.1 Å². The zero-order valence-electron chi connectivity index (χ0n) is 14.9. The molecule has 0 bridgehead atoms. The highest BCUT2D eigenvalue weighted by atomic mass is 32.2. The van der Waals surface area contributed by atoms with Crippen LogP contribution in [0.5, 0.6) is 0 Å². The van der Waals surface area contributed by atoms with Crippen molar-refractivity contribution in [1.29, 1.82) is 0 Å². The Bertz CT molecular complexity index is 914. The van der Waals surface area contributed by atoms with Gasteiger partial charge in [0.05, 0.1) is 5.25 Å². The van der Waals surface area contributed by atoms with Crippen LogP contribution in [0.3, 0.4) is 0 Å². The largest absolute Gasteiger partial charge is 0.351 e. The van der Waals surface area contributed by atoms with Gasteiger partial charge < -0.3 is 10.6 Å². The number of nitrogens with zero attached hydrogens (tertiary/aromatic N) is 2. The van der Waals surface area contributed by atoms with Gasteiger partial charge in [0.1, 0.15) is 5.82 Å². The minimum atomic E-state index is -0.321. The van der Waals surface area contributed by atoms with Crippen LogP contribution in [-0.4, -0.2) is 21.4 Å². The molecule has 0 saturated heterocycles. The third kappa shape index (κ3) is 5.77. The maximum Gasteiger partial charge on any atom is 0.233 e. The van der Waals surface area contributed by atoms with Crippen molar-refractivity contribution in [3.8, 4) is 0 Å². The fraction of sp³-hybridized carbons (Fsp3) is 0.211. The predicted molar refractivity (Wildman–Crippen MR) is 108 cm³/mol. The molecule has 2 N–H and O–H groups in total. The maximum atomic E-state index is 13.2. The average Bonchev–Trinajstić information content (AvgIpc) is 3.07. The zero-order chi connectivity index (χ0) is 19.2. The molecule has 0 radical (unpaired) electrons. The van der Waals surface area contributed by atoms with Crippen LogP contribution in [0, 0.1) is 12.7 Å². The van der Waals surface area contributed by atoms with Gasteiger partial charge in [-0.15, -0.1) is 10.2 Å². The van der Waals surface area contributed by atoms with Gasteiger partial charge in [-0.25, -0.2) is 4.39 Å². The third-order valence-electron chi connectivity index (χ3n) is 3.72. The molecule has 0 spiro atoms. The summed E-state index contributed by atoms with van der Waals surface area (Å²) < 4.78 is 13.9. The normalized spacial score (nSPS) is 11.8. The molecule has 27 heavy (non-hydrogen) atoms. The molecule has 3 rings (SSSR count). The highest BCUT2D eigenvalue weighted by molar-refractivity contribution is 8.02. The molecule has 0 fully saturated rings. The molecule has 2 aromatic carbocycles. The number of thioether (sulfide) groups is 1. The van der Waals surface area contributed by atoms with E-state index in [0.29, 0.717) is 21.7 Å². The minimum Gasteiger partial charge on any atom is -0.351 e. The van der Waals surface area contributed by atoms with Crippen LogP contribution in [0.2, 0.25) is 0 Å². The van der Waals surface area contributed by atoms with E-state index in [0.717, 1.165) is 5.56 Å². The van der Waals surface area contributed by atoms with Gasteiger partial charge in [-0.2, -0.15) is 0 Å². The van der Waals surface area contributed by atoms with Gasteiger partial charge in [0.25, 0.3) is 0 Å². The molecule has 1 atom stereocenters. The number of aromatic nitrogens is 2. The molecule has 8 heteroatoms. The van der Waals surface area contributed by atoms with Crippen LogP contribution >= 0.6 is 23.1 Å². The Morgan fingerprint density at radius 1 is 1.22 bits per heavy atom. The summed E-state index contributed by atoms with van der Waals surface area (Å²) >= 11 is 2.67. The number of carbonyl (C=O) groups is 1. The van der Waals surface area contributed by atoms with Crippen molar-refractivity contribution in [2.75, 3.05) is 5.32 Å². The van der Waals surface area contributed by atoms with E-state index in [2.05, 4.69) is 20.8 Å². The van der Waals surface area contributed by atoms with Gasteiger partial charge in [0, 0.05) is 12.2 Å². The van der Waals surface area contributed by atoms with E-state index in [9.17, 15) is 9.18 Å². The van der Waals surface area contributed by atoms with Crippen LogP contribution in [-0.2, 0) is 11.3 Å². The lowest BCUT2D eigenvalue weighted by atomic mass is 10.1. The topological polar surface area (TPSA) is 66.9 Å². The second kappa shape index (κ2) is 8.96. The number of carbonyl (C=O) groups excluding carboxylic acids is 1. The number of nitrogens with one attached hydrogen (secondary N) is 2. The van der Waals surface area contributed by atoms with Crippen molar-refractivity contribution in [3.63, 3.8) is 0 Å². The fourth-order valence-corrected chi connectivity index (χ4v) is 4.18. The van der Waals surface area contributed by atoms with E-state index < -0.39 is 0 Å². The SMILES string of the molecule is Cc1ccc(CNC(=O)C(C)Sc2nnc(Nc3cccc(F)c3)s2)cc1. The Kier molecular flexibility index (Phi) is 6.41. The van der Waals surface area contributed by atoms with Gasteiger partial charge in [-0.3, -0.25) is 4.79 Å². The van der Waals surface area contributed by atoms with Gasteiger partial charge in [0.15, 0.2) is 4.34 Å². The third-order valence-corrected chi connectivity index (χ3v) is 5.74. The fourth-order valence-electron chi connectivity index (χ4n) is 2.24. The second-order valence-corrected chi connectivity index (χ2v) is 8.54. The summed E-state index contributed by atoms with van der Waals surface area (Å²) in [5.41, 5.74) is 2.85. The summed E-state index contributed by atoms with van der Waals surface area (Å²) in [5.74, 6) is -0.381. The minimum absolute atomic E-state index is 0.0598. The number of amides is 1. The van der Waals surface area contributed by atoms with E-state index >= 15 is 0 Å². The average molecular weight is 403 g/mol. The Balaban J connectivity index is 1.51. The molecule has 0 aliphatic rings. The van der Waals surface area contributed by atoms with Crippen molar-refractivity contribution < 1.29 is 9.18 Å². The summed E-state index contributed by atoms with van der Waals surface area (Å²) in [6.07, 6.45) is 0. The van der Waals surface area contributed by atoms with Crippen LogP contribution in [0.4, 0.5) is 15.2 Å². The van der Waals surface area contributed by atoms with E-state index in [4.69, 9.17) is 0 Å². The van der Waals surface area contributed by atoms with Gasteiger partial charge in [0.2, 0.25) is 11.0 Å². The van der Waals surface area contributed by atoms with Gasteiger partial charge in [-0.1, -0.05) is 59.0 Å². The monoisotopic (exact) mass is 402 g/mol. The highest BCUT2D eigenvalue weighted by Gasteiger charge is 2.17. The van der Waals surface area contributed by atoms with Crippen molar-refractivity contribution in [2.24, 2.45) is 0 Å². The lowest BCUT2D eigenvalue weighted by molar-refractivity contribution is -0.120. The molecule has 3 aromatic rings. The summed E-state index contributed by atoms with van der Waals surface area (Å²) in [7, 11) is 0. The van der Waals surface area contributed by atoms with E-state index in [-0.39, 0.29) is 17.0 Å². The molecular formula is C19H19FN4OS2. The number of aryl methyl sites for hydroxylation is 1. The summed E-state index contributed by atoms with van der Waals surface area (Å²) in [5, 5.41) is 14.3. The van der Waals surface area contributed by atoms with Crippen molar-refractivity contribution in [3.05, 3.63) is 65.5 Å². The first-order chi connectivity index (χ1) is 13.0. The van der Waals surface area contributed by atoms with Crippen molar-refractivity contribution >= 4 is 39.8 Å². The molecule has 140 valence electrons. The van der Waals surface area contributed by atoms with E-state index in [1.54, 1.807) is 12.1 Å². The smallest absolute Gasteiger partial charge is 0.233 e. The van der Waals surface area contributed by atoms with E-state index in [1.165, 1.54) is 40.8 Å². The number of anilines is 2. The van der Waals surface area contributed by atoms with Crippen LogP contribution in [0.15, 0.2) is 52.9 Å². The standard InChI is InChI=1S/C19H19FN4OS2/c1-12-6-8-14(9-7-12)11-21-17(25)13(2)26-19-24-23-18(27-19)22-16-5-3-4-15(20)10-16/h3-10,13H,11H2,1-2H3,(H,21,25)(H,22,23). The van der Waals surface area contributed by atoms with Crippen LogP contribution in [0.25, 0.3) is 0 Å². The summed E-state index contributed by atoms with van der Waals surface area (Å²) in [6.45, 7) is 4.35. The maximum absolute atomic E-state index is 13.2. The second-order valence-electron chi connectivity index (χ2n) is 5.97. The molecule has 0 aliphatic heterocycles. The summed E-state index contributed by atoms with van der Waals surface area (Å²) in [4.78, 5) is 12.3. The molecule has 1 amide bonds. The molecule has 0 aliphatic carbocycles. The Morgan fingerprint density at radius 3 is 2.74 bits per heavy atom. The Labute approximate surface area is 165 Å². The summed E-state index contributed by atoms with van der Waals surface area (Å²) in [6, 6.07) is 14.2. The predicted octanol–water partition coefficient (Wildman–Crippen LogP) is 4.53. The van der Waals surface area contributed by atoms with Crippen molar-refractivity contribution in [2.45, 2.75) is 30.0 Å². The number of rotatable bonds is 7. The Morgan fingerprint density at radius 2 is 2.00 bits per heavy atom. The first kappa shape index (κ1) is 19.3. The van der Waals surface area contributed by atoms with E-state index in [1.807, 2.05) is 38.1 Å². The molecule has 5 nitrogen and oxygen atoms in total. The molecule has 1 aromatic heterocycles. The first-order valence-corrected chi connectivity index (χ1v) is 10.1. The number of hydrogen-bond acceptors (Lipinski definition) is 6.